The Labute approximate surface area is 116 Å². The van der Waals surface area contributed by atoms with Gasteiger partial charge in [0.2, 0.25) is 0 Å². The van der Waals surface area contributed by atoms with Gasteiger partial charge in [-0.25, -0.2) is 9.59 Å². The molecule has 0 spiro atoms. The van der Waals surface area contributed by atoms with E-state index in [0.29, 0.717) is 11.8 Å². The van der Waals surface area contributed by atoms with Crippen LogP contribution in [0.5, 0.6) is 0 Å². The Morgan fingerprint density at radius 2 is 2.11 bits per heavy atom. The second-order valence-corrected chi connectivity index (χ2v) is 7.04. The second-order valence-electron chi connectivity index (χ2n) is 4.48. The summed E-state index contributed by atoms with van der Waals surface area (Å²) in [6.45, 7) is 4.13. The predicted molar refractivity (Wildman–Crippen MR) is 76.4 cm³/mol. The van der Waals surface area contributed by atoms with Crippen LogP contribution in [0.1, 0.15) is 13.8 Å². The van der Waals surface area contributed by atoms with Crippen molar-refractivity contribution in [1.29, 1.82) is 0 Å². The monoisotopic (exact) mass is 292 g/mol. The van der Waals surface area contributed by atoms with Crippen LogP contribution in [0.25, 0.3) is 0 Å². The van der Waals surface area contributed by atoms with Gasteiger partial charge >= 0.3 is 12.0 Å². The molecule has 1 fully saturated rings. The number of carboxylic acid groups (broad SMARTS) is 1. The maximum atomic E-state index is 11.6. The van der Waals surface area contributed by atoms with Crippen LogP contribution >= 0.6 is 23.5 Å². The molecule has 0 aromatic carbocycles. The minimum absolute atomic E-state index is 0.132. The van der Waals surface area contributed by atoms with Gasteiger partial charge < -0.3 is 15.7 Å². The first kappa shape index (κ1) is 15.5. The molecule has 3 N–H and O–H groups in total. The molecule has 7 heteroatoms. The lowest BCUT2D eigenvalue weighted by molar-refractivity contribution is -0.140. The fourth-order valence-electron chi connectivity index (χ4n) is 1.57. The number of carbonyl (C=O) groups is 2. The fourth-order valence-corrected chi connectivity index (χ4v) is 4.18. The number of nitrogens with one attached hydrogen (secondary N) is 2. The van der Waals surface area contributed by atoms with Crippen molar-refractivity contribution < 1.29 is 14.7 Å². The standard InChI is InChI=1S/C11H20N2O3S2/c1-7(2)9(10(14)15)13-11(16)12-5-8-6-17-3-4-18-8/h7-9H,3-6H2,1-2H3,(H,14,15)(H2,12,13,16). The maximum Gasteiger partial charge on any atom is 0.326 e. The molecule has 0 saturated carbocycles. The zero-order valence-corrected chi connectivity index (χ0v) is 12.3. The Balaban J connectivity index is 2.29. The molecule has 2 atom stereocenters. The molecule has 0 aromatic heterocycles. The van der Waals surface area contributed by atoms with Crippen molar-refractivity contribution in [3.05, 3.63) is 0 Å². The summed E-state index contributed by atoms with van der Waals surface area (Å²) in [5.74, 6) is 2.19. The van der Waals surface area contributed by atoms with Crippen LogP contribution in [0.4, 0.5) is 4.79 Å². The number of rotatable bonds is 5. The second kappa shape index (κ2) is 7.78. The van der Waals surface area contributed by atoms with Crippen LogP contribution in [0.15, 0.2) is 0 Å². The summed E-state index contributed by atoms with van der Waals surface area (Å²) in [5, 5.41) is 14.6. The highest BCUT2D eigenvalue weighted by Gasteiger charge is 2.23. The Hall–Kier alpha value is -0.560. The number of urea groups is 1. The third-order valence-corrected chi connectivity index (χ3v) is 5.44. The van der Waals surface area contributed by atoms with Crippen LogP contribution in [-0.2, 0) is 4.79 Å². The number of amides is 2. The highest BCUT2D eigenvalue weighted by Crippen LogP contribution is 2.23. The van der Waals surface area contributed by atoms with Gasteiger partial charge in [-0.1, -0.05) is 13.8 Å². The summed E-state index contributed by atoms with van der Waals surface area (Å²) < 4.78 is 0. The fraction of sp³-hybridized carbons (Fsp3) is 0.818. The molecular weight excluding hydrogens is 272 g/mol. The molecule has 1 aliphatic heterocycles. The minimum Gasteiger partial charge on any atom is -0.480 e. The van der Waals surface area contributed by atoms with E-state index in [0.717, 1.165) is 11.5 Å². The van der Waals surface area contributed by atoms with Gasteiger partial charge in [-0.15, -0.1) is 0 Å². The first-order valence-electron chi connectivity index (χ1n) is 5.97. The first-order valence-corrected chi connectivity index (χ1v) is 8.17. The molecule has 2 unspecified atom stereocenters. The van der Waals surface area contributed by atoms with E-state index in [-0.39, 0.29) is 5.92 Å². The van der Waals surface area contributed by atoms with Gasteiger partial charge in [0.25, 0.3) is 0 Å². The SMILES string of the molecule is CC(C)C(NC(=O)NCC1CSCCS1)C(=O)O. The Kier molecular flexibility index (Phi) is 6.70. The van der Waals surface area contributed by atoms with Crippen molar-refractivity contribution in [2.75, 3.05) is 23.8 Å². The van der Waals surface area contributed by atoms with E-state index in [1.165, 1.54) is 5.75 Å². The van der Waals surface area contributed by atoms with Crippen molar-refractivity contribution in [3.63, 3.8) is 0 Å². The molecule has 0 bridgehead atoms. The van der Waals surface area contributed by atoms with E-state index < -0.39 is 18.0 Å². The molecule has 104 valence electrons. The number of thioether (sulfide) groups is 2. The topological polar surface area (TPSA) is 78.4 Å². The summed E-state index contributed by atoms with van der Waals surface area (Å²) in [5.41, 5.74) is 0. The first-order chi connectivity index (χ1) is 8.50. The molecule has 1 saturated heterocycles. The van der Waals surface area contributed by atoms with Crippen molar-refractivity contribution >= 4 is 35.5 Å². The van der Waals surface area contributed by atoms with Crippen molar-refractivity contribution in [3.8, 4) is 0 Å². The molecule has 0 aromatic rings. The highest BCUT2D eigenvalue weighted by molar-refractivity contribution is 8.06. The lowest BCUT2D eigenvalue weighted by Crippen LogP contribution is -2.49. The molecule has 1 rings (SSSR count). The zero-order chi connectivity index (χ0) is 13.5. The van der Waals surface area contributed by atoms with Crippen molar-refractivity contribution in [2.24, 2.45) is 5.92 Å². The van der Waals surface area contributed by atoms with Gasteiger partial charge in [0.15, 0.2) is 0 Å². The quantitative estimate of drug-likeness (QED) is 0.710. The van der Waals surface area contributed by atoms with Gasteiger partial charge in [0.1, 0.15) is 6.04 Å². The number of hydrogen-bond donors (Lipinski definition) is 3. The molecule has 2 amide bonds. The van der Waals surface area contributed by atoms with Crippen LogP contribution in [0.2, 0.25) is 0 Å². The summed E-state index contributed by atoms with van der Waals surface area (Å²) >= 11 is 3.75. The van der Waals surface area contributed by atoms with Crippen LogP contribution in [0, 0.1) is 5.92 Å². The molecule has 0 aliphatic carbocycles. The van der Waals surface area contributed by atoms with Gasteiger partial charge in [0, 0.05) is 29.1 Å². The molecule has 0 radical (unpaired) electrons. The third-order valence-electron chi connectivity index (χ3n) is 2.59. The Morgan fingerprint density at radius 3 is 2.61 bits per heavy atom. The summed E-state index contributed by atoms with van der Waals surface area (Å²) in [4.78, 5) is 22.5. The molecule has 1 heterocycles. The Bertz CT molecular complexity index is 294. The zero-order valence-electron chi connectivity index (χ0n) is 10.6. The van der Waals surface area contributed by atoms with Crippen LogP contribution < -0.4 is 10.6 Å². The summed E-state index contributed by atoms with van der Waals surface area (Å²) in [6, 6.07) is -1.23. The summed E-state index contributed by atoms with van der Waals surface area (Å²) in [7, 11) is 0. The van der Waals surface area contributed by atoms with Crippen molar-refractivity contribution in [1.82, 2.24) is 10.6 Å². The van der Waals surface area contributed by atoms with Gasteiger partial charge in [0.05, 0.1) is 0 Å². The van der Waals surface area contributed by atoms with Crippen LogP contribution in [0.3, 0.4) is 0 Å². The van der Waals surface area contributed by atoms with E-state index in [4.69, 9.17) is 5.11 Å². The Morgan fingerprint density at radius 1 is 1.39 bits per heavy atom. The number of carbonyl (C=O) groups excluding carboxylic acids is 1. The molecule has 5 nitrogen and oxygen atoms in total. The molecule has 18 heavy (non-hydrogen) atoms. The van der Waals surface area contributed by atoms with E-state index in [1.54, 1.807) is 13.8 Å². The van der Waals surface area contributed by atoms with Crippen molar-refractivity contribution in [2.45, 2.75) is 25.1 Å². The third kappa shape index (κ3) is 5.39. The lowest BCUT2D eigenvalue weighted by atomic mass is 10.1. The van der Waals surface area contributed by atoms with E-state index in [1.807, 2.05) is 23.5 Å². The van der Waals surface area contributed by atoms with E-state index in [2.05, 4.69) is 10.6 Å². The highest BCUT2D eigenvalue weighted by atomic mass is 32.2. The van der Waals surface area contributed by atoms with Gasteiger partial charge in [-0.2, -0.15) is 23.5 Å². The average Bonchev–Trinajstić information content (AvgIpc) is 2.34. The summed E-state index contributed by atoms with van der Waals surface area (Å²) in [6.07, 6.45) is 0. The number of hydrogen-bond acceptors (Lipinski definition) is 4. The smallest absolute Gasteiger partial charge is 0.326 e. The maximum absolute atomic E-state index is 11.6. The van der Waals surface area contributed by atoms with Crippen LogP contribution in [-0.4, -0.2) is 52.2 Å². The predicted octanol–water partition coefficient (Wildman–Crippen LogP) is 1.24. The van der Waals surface area contributed by atoms with Gasteiger partial charge in [-0.3, -0.25) is 0 Å². The molecular formula is C11H20N2O3S2. The average molecular weight is 292 g/mol. The van der Waals surface area contributed by atoms with Gasteiger partial charge in [-0.05, 0) is 5.92 Å². The largest absolute Gasteiger partial charge is 0.480 e. The number of carboxylic acids is 1. The number of aliphatic carboxylic acids is 1. The van der Waals surface area contributed by atoms with E-state index in [9.17, 15) is 9.59 Å². The minimum atomic E-state index is -0.997. The van der Waals surface area contributed by atoms with E-state index >= 15 is 0 Å². The normalized spacial score (nSPS) is 21.4. The molecule has 1 aliphatic rings. The lowest BCUT2D eigenvalue weighted by Gasteiger charge is -2.22.